The Morgan fingerprint density at radius 3 is 2.30 bits per heavy atom. The summed E-state index contributed by atoms with van der Waals surface area (Å²) in [5.74, 6) is -1.20. The van der Waals surface area contributed by atoms with Crippen molar-refractivity contribution in [3.63, 3.8) is 0 Å². The zero-order valence-corrected chi connectivity index (χ0v) is 26.5. The quantitative estimate of drug-likeness (QED) is 0.115. The van der Waals surface area contributed by atoms with Gasteiger partial charge in [0, 0.05) is 26.5 Å². The molecular formula is C34H26Cl2N2O4S2. The van der Waals surface area contributed by atoms with E-state index in [1.807, 2.05) is 72.1 Å². The van der Waals surface area contributed by atoms with Crippen LogP contribution in [0.1, 0.15) is 38.5 Å². The topological polar surface area (TPSA) is 84.5 Å². The number of esters is 1. The summed E-state index contributed by atoms with van der Waals surface area (Å²) in [5.41, 5.74) is 3.46. The maximum Gasteiger partial charge on any atom is 0.341 e. The van der Waals surface area contributed by atoms with E-state index < -0.39 is 11.2 Å². The lowest BCUT2D eigenvalue weighted by Crippen LogP contribution is -2.20. The predicted molar refractivity (Wildman–Crippen MR) is 180 cm³/mol. The monoisotopic (exact) mass is 660 g/mol. The average Bonchev–Trinajstić information content (AvgIpc) is 3.44. The van der Waals surface area contributed by atoms with Gasteiger partial charge in [-0.05, 0) is 54.4 Å². The van der Waals surface area contributed by atoms with Gasteiger partial charge in [-0.3, -0.25) is 9.59 Å². The van der Waals surface area contributed by atoms with Gasteiger partial charge < -0.3 is 15.4 Å². The molecule has 5 rings (SSSR count). The second-order valence-electron chi connectivity index (χ2n) is 9.44. The van der Waals surface area contributed by atoms with Crippen molar-refractivity contribution in [1.82, 2.24) is 0 Å². The van der Waals surface area contributed by atoms with Crippen LogP contribution >= 0.6 is 46.3 Å². The summed E-state index contributed by atoms with van der Waals surface area (Å²) in [5, 5.41) is 8.12. The lowest BCUT2D eigenvalue weighted by Gasteiger charge is -2.18. The number of anilines is 2. The minimum atomic E-state index is -0.676. The molecule has 222 valence electrons. The Labute approximate surface area is 273 Å². The van der Waals surface area contributed by atoms with Crippen LogP contribution in [0, 0.1) is 0 Å². The van der Waals surface area contributed by atoms with Crippen LogP contribution < -0.4 is 10.6 Å². The van der Waals surface area contributed by atoms with E-state index in [0.717, 1.165) is 16.0 Å². The molecule has 10 heteroatoms. The number of thiophene rings is 1. The van der Waals surface area contributed by atoms with E-state index in [0.29, 0.717) is 32.4 Å². The van der Waals surface area contributed by atoms with Gasteiger partial charge in [-0.25, -0.2) is 4.79 Å². The second-order valence-corrected chi connectivity index (χ2v) is 12.3. The molecule has 6 nitrogen and oxygen atoms in total. The fraction of sp³-hybridized carbons (Fsp3) is 0.0882. The summed E-state index contributed by atoms with van der Waals surface area (Å²) in [6, 6.07) is 30.7. The average molecular weight is 662 g/mol. The predicted octanol–water partition coefficient (Wildman–Crippen LogP) is 9.62. The minimum absolute atomic E-state index is 0.204. The fourth-order valence-corrected chi connectivity index (χ4v) is 6.96. The largest absolute Gasteiger partial charge is 0.462 e. The molecular weight excluding hydrogens is 635 g/mol. The van der Waals surface area contributed by atoms with E-state index in [4.69, 9.17) is 27.9 Å². The lowest BCUT2D eigenvalue weighted by atomic mass is 10.0. The van der Waals surface area contributed by atoms with Gasteiger partial charge in [0.15, 0.2) is 0 Å². The van der Waals surface area contributed by atoms with E-state index in [-0.39, 0.29) is 23.4 Å². The zero-order chi connectivity index (χ0) is 31.1. The van der Waals surface area contributed by atoms with Crippen LogP contribution in [-0.2, 0) is 9.53 Å². The van der Waals surface area contributed by atoms with Crippen LogP contribution in [0.2, 0.25) is 10.0 Å². The zero-order valence-electron chi connectivity index (χ0n) is 23.4. The van der Waals surface area contributed by atoms with E-state index in [1.165, 1.54) is 29.2 Å². The third kappa shape index (κ3) is 7.52. The number of benzene rings is 4. The molecule has 5 aromatic rings. The molecule has 44 heavy (non-hydrogen) atoms. The van der Waals surface area contributed by atoms with Crippen LogP contribution in [0.3, 0.4) is 0 Å². The highest BCUT2D eigenvalue weighted by molar-refractivity contribution is 8.00. The first kappa shape index (κ1) is 31.3. The lowest BCUT2D eigenvalue weighted by molar-refractivity contribution is -0.115. The summed E-state index contributed by atoms with van der Waals surface area (Å²) < 4.78 is 5.36. The highest BCUT2D eigenvalue weighted by atomic mass is 35.5. The van der Waals surface area contributed by atoms with Crippen molar-refractivity contribution in [3.05, 3.63) is 135 Å². The van der Waals surface area contributed by atoms with Crippen molar-refractivity contribution in [2.45, 2.75) is 17.1 Å². The van der Waals surface area contributed by atoms with Crippen LogP contribution in [0.5, 0.6) is 0 Å². The van der Waals surface area contributed by atoms with Crippen molar-refractivity contribution in [3.8, 4) is 11.1 Å². The standard InChI is InChI=1S/C34H26Cl2N2O4S2/c1-2-42-34(41)29-27(21-10-5-3-6-11-21)20-43-33(29)38-32(40)30(22-12-7-4-8-13-22)44-25-15-9-14-24(19-25)37-31(39)26-17-16-23(35)18-28(26)36/h3-20,30H,2H2,1H3,(H,37,39)(H,38,40). The van der Waals surface area contributed by atoms with Crippen LogP contribution in [0.15, 0.2) is 113 Å². The van der Waals surface area contributed by atoms with E-state index >= 15 is 0 Å². The highest BCUT2D eigenvalue weighted by Crippen LogP contribution is 2.40. The number of hydrogen-bond acceptors (Lipinski definition) is 6. The fourth-order valence-electron chi connectivity index (χ4n) is 4.42. The molecule has 0 saturated carbocycles. The summed E-state index contributed by atoms with van der Waals surface area (Å²) in [7, 11) is 0. The van der Waals surface area contributed by atoms with Crippen LogP contribution in [-0.4, -0.2) is 24.4 Å². The Kier molecular flexibility index (Phi) is 10.4. The Morgan fingerprint density at radius 1 is 0.864 bits per heavy atom. The molecule has 0 aliphatic carbocycles. The normalized spacial score (nSPS) is 11.4. The molecule has 0 spiro atoms. The summed E-state index contributed by atoms with van der Waals surface area (Å²) >= 11 is 14.8. The third-order valence-electron chi connectivity index (χ3n) is 6.45. The van der Waals surface area contributed by atoms with Gasteiger partial charge in [0.05, 0.1) is 17.2 Å². The Balaban J connectivity index is 1.41. The first-order valence-electron chi connectivity index (χ1n) is 13.6. The van der Waals surface area contributed by atoms with Crippen LogP contribution in [0.25, 0.3) is 11.1 Å². The summed E-state index contributed by atoms with van der Waals surface area (Å²) in [6.45, 7) is 1.95. The SMILES string of the molecule is CCOC(=O)c1c(-c2ccccc2)csc1NC(=O)C(Sc1cccc(NC(=O)c2ccc(Cl)cc2Cl)c1)c1ccccc1. The van der Waals surface area contributed by atoms with Crippen molar-refractivity contribution < 1.29 is 19.1 Å². The second kappa shape index (κ2) is 14.6. The number of amides is 2. The van der Waals surface area contributed by atoms with E-state index in [1.54, 1.807) is 37.3 Å². The maximum atomic E-state index is 13.9. The number of rotatable bonds is 10. The molecule has 0 radical (unpaired) electrons. The van der Waals surface area contributed by atoms with Crippen molar-refractivity contribution >= 4 is 74.8 Å². The smallest absolute Gasteiger partial charge is 0.341 e. The third-order valence-corrected chi connectivity index (χ3v) is 9.15. The number of thioether (sulfide) groups is 1. The van der Waals surface area contributed by atoms with Crippen molar-refractivity contribution in [1.29, 1.82) is 0 Å². The van der Waals surface area contributed by atoms with Crippen molar-refractivity contribution in [2.24, 2.45) is 0 Å². The summed E-state index contributed by atoms with van der Waals surface area (Å²) in [6.07, 6.45) is 0. The van der Waals surface area contributed by atoms with E-state index in [9.17, 15) is 14.4 Å². The first-order chi connectivity index (χ1) is 21.3. The molecule has 0 fully saturated rings. The van der Waals surface area contributed by atoms with Gasteiger partial charge in [0.25, 0.3) is 5.91 Å². The Bertz CT molecular complexity index is 1800. The van der Waals surface area contributed by atoms with E-state index in [2.05, 4.69) is 10.6 Å². The number of halogens is 2. The maximum absolute atomic E-state index is 13.9. The molecule has 1 atom stereocenters. The molecule has 4 aromatic carbocycles. The summed E-state index contributed by atoms with van der Waals surface area (Å²) in [4.78, 5) is 40.7. The Morgan fingerprint density at radius 2 is 1.59 bits per heavy atom. The highest BCUT2D eigenvalue weighted by Gasteiger charge is 2.27. The molecule has 0 aliphatic heterocycles. The van der Waals surface area contributed by atoms with Gasteiger partial charge in [-0.15, -0.1) is 23.1 Å². The Hall–Kier alpha value is -4.08. The van der Waals surface area contributed by atoms with Gasteiger partial charge in [0.2, 0.25) is 5.91 Å². The van der Waals surface area contributed by atoms with Gasteiger partial charge in [0.1, 0.15) is 15.8 Å². The van der Waals surface area contributed by atoms with Gasteiger partial charge >= 0.3 is 5.97 Å². The number of carbonyl (C=O) groups excluding carboxylic acids is 3. The molecule has 1 aromatic heterocycles. The van der Waals surface area contributed by atoms with Gasteiger partial charge in [-0.1, -0.05) is 89.9 Å². The number of ether oxygens (including phenoxy) is 1. The minimum Gasteiger partial charge on any atom is -0.462 e. The molecule has 0 saturated heterocycles. The number of hydrogen-bond donors (Lipinski definition) is 2. The number of carbonyl (C=O) groups is 3. The molecule has 0 aliphatic rings. The molecule has 0 bridgehead atoms. The van der Waals surface area contributed by atoms with Crippen molar-refractivity contribution in [2.75, 3.05) is 17.2 Å². The van der Waals surface area contributed by atoms with Crippen LogP contribution in [0.4, 0.5) is 10.7 Å². The molecule has 2 amide bonds. The molecule has 1 unspecified atom stereocenters. The molecule has 1 heterocycles. The molecule has 2 N–H and O–H groups in total. The first-order valence-corrected chi connectivity index (χ1v) is 16.1. The van der Waals surface area contributed by atoms with Gasteiger partial charge in [-0.2, -0.15) is 0 Å². The number of nitrogens with one attached hydrogen (secondary N) is 2.